The first-order chi connectivity index (χ1) is 10.3. The minimum atomic E-state index is 0.116. The van der Waals surface area contributed by atoms with E-state index in [1.54, 1.807) is 0 Å². The molecule has 0 saturated heterocycles. The SMILES string of the molecule is O=C1/C(=C/c2ccccc2)C=CC/C1=C\c1ccccc1. The molecule has 1 aliphatic carbocycles. The van der Waals surface area contributed by atoms with E-state index in [9.17, 15) is 4.79 Å². The van der Waals surface area contributed by atoms with Gasteiger partial charge in [0.1, 0.15) is 0 Å². The Morgan fingerprint density at radius 1 is 0.762 bits per heavy atom. The minimum Gasteiger partial charge on any atom is -0.289 e. The van der Waals surface area contributed by atoms with Gasteiger partial charge in [0.15, 0.2) is 5.78 Å². The molecule has 1 heteroatoms. The largest absolute Gasteiger partial charge is 0.289 e. The van der Waals surface area contributed by atoms with E-state index in [1.165, 1.54) is 0 Å². The van der Waals surface area contributed by atoms with Gasteiger partial charge in [0, 0.05) is 11.1 Å². The minimum absolute atomic E-state index is 0.116. The number of carbonyl (C=O) groups excluding carboxylic acids is 1. The highest BCUT2D eigenvalue weighted by Crippen LogP contribution is 2.23. The Labute approximate surface area is 124 Å². The quantitative estimate of drug-likeness (QED) is 0.725. The molecule has 0 spiro atoms. The average Bonchev–Trinajstić information content (AvgIpc) is 2.53. The summed E-state index contributed by atoms with van der Waals surface area (Å²) in [5.41, 5.74) is 3.70. The van der Waals surface area contributed by atoms with E-state index in [0.29, 0.717) is 6.42 Å². The molecule has 0 radical (unpaired) electrons. The number of ketones is 1. The first-order valence-corrected chi connectivity index (χ1v) is 7.06. The number of hydrogen-bond acceptors (Lipinski definition) is 1. The van der Waals surface area contributed by atoms with E-state index in [-0.39, 0.29) is 5.78 Å². The Balaban J connectivity index is 1.91. The lowest BCUT2D eigenvalue weighted by Crippen LogP contribution is -2.08. The van der Waals surface area contributed by atoms with Gasteiger partial charge in [-0.3, -0.25) is 4.79 Å². The van der Waals surface area contributed by atoms with Crippen molar-refractivity contribution in [2.45, 2.75) is 6.42 Å². The van der Waals surface area contributed by atoms with Crippen molar-refractivity contribution in [3.05, 3.63) is 95.1 Å². The first-order valence-electron chi connectivity index (χ1n) is 7.06. The van der Waals surface area contributed by atoms with Gasteiger partial charge in [-0.2, -0.15) is 0 Å². The summed E-state index contributed by atoms with van der Waals surface area (Å²) in [6.07, 6.45) is 8.57. The van der Waals surface area contributed by atoms with Crippen molar-refractivity contribution in [1.82, 2.24) is 0 Å². The summed E-state index contributed by atoms with van der Waals surface area (Å²) in [5.74, 6) is 0.116. The van der Waals surface area contributed by atoms with Crippen LogP contribution in [0.15, 0.2) is 84.0 Å². The second-order valence-electron chi connectivity index (χ2n) is 5.03. The topological polar surface area (TPSA) is 17.1 Å². The fraction of sp³-hybridized carbons (Fsp3) is 0.0500. The van der Waals surface area contributed by atoms with Gasteiger partial charge >= 0.3 is 0 Å². The molecule has 0 N–H and O–H groups in total. The lowest BCUT2D eigenvalue weighted by molar-refractivity contribution is -0.112. The molecule has 2 aromatic rings. The Bertz CT molecular complexity index is 719. The predicted molar refractivity (Wildman–Crippen MR) is 87.6 cm³/mol. The van der Waals surface area contributed by atoms with E-state index < -0.39 is 0 Å². The van der Waals surface area contributed by atoms with Crippen LogP contribution in [0, 0.1) is 0 Å². The molecule has 0 heterocycles. The van der Waals surface area contributed by atoms with Crippen molar-refractivity contribution >= 4 is 17.9 Å². The molecule has 2 aromatic carbocycles. The zero-order chi connectivity index (χ0) is 14.5. The molecular weight excluding hydrogens is 256 g/mol. The Hall–Kier alpha value is -2.67. The van der Waals surface area contributed by atoms with Crippen LogP contribution in [-0.2, 0) is 4.79 Å². The monoisotopic (exact) mass is 272 g/mol. The van der Waals surface area contributed by atoms with Crippen molar-refractivity contribution in [3.8, 4) is 0 Å². The molecule has 0 aliphatic heterocycles. The van der Waals surface area contributed by atoms with Crippen molar-refractivity contribution in [3.63, 3.8) is 0 Å². The van der Waals surface area contributed by atoms with Gasteiger partial charge in [0.25, 0.3) is 0 Å². The highest BCUT2D eigenvalue weighted by molar-refractivity contribution is 6.16. The van der Waals surface area contributed by atoms with Crippen LogP contribution in [0.2, 0.25) is 0 Å². The van der Waals surface area contributed by atoms with Gasteiger partial charge in [0.05, 0.1) is 0 Å². The van der Waals surface area contributed by atoms with Gasteiger partial charge < -0.3 is 0 Å². The Morgan fingerprint density at radius 3 is 1.95 bits per heavy atom. The molecule has 21 heavy (non-hydrogen) atoms. The number of carbonyl (C=O) groups is 1. The van der Waals surface area contributed by atoms with Crippen LogP contribution in [0.25, 0.3) is 12.2 Å². The number of allylic oxidation sites excluding steroid dienone is 4. The van der Waals surface area contributed by atoms with Crippen LogP contribution < -0.4 is 0 Å². The average molecular weight is 272 g/mol. The maximum absolute atomic E-state index is 12.5. The summed E-state index contributed by atoms with van der Waals surface area (Å²) >= 11 is 0. The fourth-order valence-electron chi connectivity index (χ4n) is 2.38. The van der Waals surface area contributed by atoms with Crippen LogP contribution in [0.5, 0.6) is 0 Å². The molecule has 0 fully saturated rings. The lowest BCUT2D eigenvalue weighted by atomic mass is 9.92. The van der Waals surface area contributed by atoms with E-state index in [2.05, 4.69) is 0 Å². The predicted octanol–water partition coefficient (Wildman–Crippen LogP) is 4.68. The first kappa shape index (κ1) is 13.3. The van der Waals surface area contributed by atoms with Gasteiger partial charge in [0.2, 0.25) is 0 Å². The third kappa shape index (κ3) is 3.26. The van der Waals surface area contributed by atoms with Gasteiger partial charge in [-0.05, 0) is 29.7 Å². The fourth-order valence-corrected chi connectivity index (χ4v) is 2.38. The smallest absolute Gasteiger partial charge is 0.189 e. The van der Waals surface area contributed by atoms with Crippen molar-refractivity contribution in [2.24, 2.45) is 0 Å². The van der Waals surface area contributed by atoms with E-state index in [1.807, 2.05) is 85.0 Å². The second kappa shape index (κ2) is 6.19. The molecule has 0 bridgehead atoms. The maximum Gasteiger partial charge on any atom is 0.189 e. The lowest BCUT2D eigenvalue weighted by Gasteiger charge is -2.11. The van der Waals surface area contributed by atoms with Crippen LogP contribution in [0.3, 0.4) is 0 Å². The van der Waals surface area contributed by atoms with Crippen LogP contribution in [-0.4, -0.2) is 5.78 Å². The zero-order valence-corrected chi connectivity index (χ0v) is 11.7. The van der Waals surface area contributed by atoms with E-state index in [4.69, 9.17) is 0 Å². The third-order valence-electron chi connectivity index (χ3n) is 3.45. The third-order valence-corrected chi connectivity index (χ3v) is 3.45. The summed E-state index contributed by atoms with van der Waals surface area (Å²) in [6.45, 7) is 0. The maximum atomic E-state index is 12.5. The van der Waals surface area contributed by atoms with Crippen molar-refractivity contribution in [1.29, 1.82) is 0 Å². The van der Waals surface area contributed by atoms with Gasteiger partial charge in [-0.25, -0.2) is 0 Å². The second-order valence-corrected chi connectivity index (χ2v) is 5.03. The highest BCUT2D eigenvalue weighted by atomic mass is 16.1. The standard InChI is InChI=1S/C20H16O/c21-20-18(14-16-8-3-1-4-9-16)12-7-13-19(20)15-17-10-5-2-6-11-17/h1-12,14-15H,13H2/b18-14+,19-15+. The number of Topliss-reactive ketones (excluding diaryl/α,β-unsaturated/α-hetero) is 1. The molecule has 102 valence electrons. The van der Waals surface area contributed by atoms with Gasteiger partial charge in [-0.1, -0.05) is 72.8 Å². The molecule has 0 amide bonds. The van der Waals surface area contributed by atoms with E-state index >= 15 is 0 Å². The molecule has 0 atom stereocenters. The van der Waals surface area contributed by atoms with Crippen LogP contribution in [0.4, 0.5) is 0 Å². The van der Waals surface area contributed by atoms with Crippen molar-refractivity contribution < 1.29 is 4.79 Å². The summed E-state index contributed by atoms with van der Waals surface area (Å²) in [6, 6.07) is 19.9. The van der Waals surface area contributed by atoms with Crippen LogP contribution in [0.1, 0.15) is 17.5 Å². The number of rotatable bonds is 2. The Morgan fingerprint density at radius 2 is 1.33 bits per heavy atom. The summed E-state index contributed by atoms with van der Waals surface area (Å²) in [7, 11) is 0. The number of benzene rings is 2. The summed E-state index contributed by atoms with van der Waals surface area (Å²) in [4.78, 5) is 12.5. The molecule has 0 aromatic heterocycles. The molecule has 1 aliphatic rings. The van der Waals surface area contributed by atoms with Gasteiger partial charge in [-0.15, -0.1) is 0 Å². The van der Waals surface area contributed by atoms with E-state index in [0.717, 1.165) is 22.3 Å². The molecular formula is C20H16O. The summed E-state index contributed by atoms with van der Waals surface area (Å²) < 4.78 is 0. The molecule has 0 unspecified atom stereocenters. The zero-order valence-electron chi connectivity index (χ0n) is 11.7. The highest BCUT2D eigenvalue weighted by Gasteiger charge is 2.16. The number of hydrogen-bond donors (Lipinski definition) is 0. The Kier molecular flexibility index (Phi) is 3.92. The molecule has 1 nitrogen and oxygen atoms in total. The van der Waals surface area contributed by atoms with Crippen LogP contribution >= 0.6 is 0 Å². The summed E-state index contributed by atoms with van der Waals surface area (Å²) in [5, 5.41) is 0. The molecule has 3 rings (SSSR count). The molecule has 0 saturated carbocycles. The van der Waals surface area contributed by atoms with Crippen molar-refractivity contribution in [2.75, 3.05) is 0 Å². The normalized spacial score (nSPS) is 18.4.